The molecule has 0 fully saturated rings. The van der Waals surface area contributed by atoms with Gasteiger partial charge in [-0.15, -0.1) is 0 Å². The Hall–Kier alpha value is -2.63. The van der Waals surface area contributed by atoms with Crippen molar-refractivity contribution in [3.63, 3.8) is 0 Å². The van der Waals surface area contributed by atoms with Crippen molar-refractivity contribution in [3.8, 4) is 0 Å². The molecule has 0 radical (unpaired) electrons. The lowest BCUT2D eigenvalue weighted by Crippen LogP contribution is -2.35. The van der Waals surface area contributed by atoms with Crippen molar-refractivity contribution in [1.82, 2.24) is 0 Å². The maximum atomic E-state index is 9.55. The highest BCUT2D eigenvalue weighted by Gasteiger charge is 2.21. The molecular formula is C19H20ClNO4. The van der Waals surface area contributed by atoms with Gasteiger partial charge in [0, 0.05) is 22.7 Å². The van der Waals surface area contributed by atoms with Gasteiger partial charge >= 0.3 is 11.9 Å². The third kappa shape index (κ3) is 8.15. The third-order valence-corrected chi connectivity index (χ3v) is 3.50. The first-order valence-electron chi connectivity index (χ1n) is 7.43. The predicted octanol–water partition coefficient (Wildman–Crippen LogP) is 3.47. The zero-order chi connectivity index (χ0) is 18.9. The summed E-state index contributed by atoms with van der Waals surface area (Å²) >= 11 is 6.00. The minimum atomic E-state index is -1.26. The van der Waals surface area contributed by atoms with Crippen LogP contribution in [0.5, 0.6) is 0 Å². The molecule has 4 N–H and O–H groups in total. The van der Waals surface area contributed by atoms with E-state index in [0.29, 0.717) is 12.2 Å². The van der Waals surface area contributed by atoms with Crippen LogP contribution in [0, 0.1) is 0 Å². The van der Waals surface area contributed by atoms with E-state index < -0.39 is 17.5 Å². The minimum Gasteiger partial charge on any atom is -0.478 e. The summed E-state index contributed by atoms with van der Waals surface area (Å²) < 4.78 is 0. The number of halogens is 1. The van der Waals surface area contributed by atoms with Gasteiger partial charge in [0.2, 0.25) is 0 Å². The molecule has 0 aliphatic carbocycles. The fourth-order valence-electron chi connectivity index (χ4n) is 2.11. The lowest BCUT2D eigenvalue weighted by Gasteiger charge is -2.25. The first-order valence-corrected chi connectivity index (χ1v) is 7.81. The zero-order valence-electron chi connectivity index (χ0n) is 13.7. The Morgan fingerprint density at radius 2 is 1.60 bits per heavy atom. The number of carboxylic acid groups (broad SMARTS) is 2. The quantitative estimate of drug-likeness (QED) is 0.708. The van der Waals surface area contributed by atoms with Gasteiger partial charge in [-0.3, -0.25) is 0 Å². The smallest absolute Gasteiger partial charge is 0.328 e. The SMILES string of the molecule is CC(N)(Cc1ccccc1)c1cccc(Cl)c1.O=C(O)/C=C\C(=O)O. The number of hydrogen-bond donors (Lipinski definition) is 3. The third-order valence-electron chi connectivity index (χ3n) is 3.27. The summed E-state index contributed by atoms with van der Waals surface area (Å²) in [6.07, 6.45) is 1.92. The molecule has 0 aromatic heterocycles. The lowest BCUT2D eigenvalue weighted by atomic mass is 9.87. The zero-order valence-corrected chi connectivity index (χ0v) is 14.5. The predicted molar refractivity (Wildman–Crippen MR) is 97.5 cm³/mol. The second-order valence-electron chi connectivity index (χ2n) is 5.60. The van der Waals surface area contributed by atoms with Gasteiger partial charge in [-0.1, -0.05) is 54.1 Å². The monoisotopic (exact) mass is 361 g/mol. The molecule has 25 heavy (non-hydrogen) atoms. The number of carboxylic acids is 2. The highest BCUT2D eigenvalue weighted by atomic mass is 35.5. The molecule has 132 valence electrons. The van der Waals surface area contributed by atoms with Crippen LogP contribution in [0.3, 0.4) is 0 Å². The summed E-state index contributed by atoms with van der Waals surface area (Å²) in [5.41, 5.74) is 8.28. The van der Waals surface area contributed by atoms with E-state index in [1.54, 1.807) is 0 Å². The number of aliphatic carboxylic acids is 2. The first kappa shape index (κ1) is 20.4. The Kier molecular flexibility index (Phi) is 7.85. The topological polar surface area (TPSA) is 101 Å². The van der Waals surface area contributed by atoms with E-state index in [-0.39, 0.29) is 0 Å². The Labute approximate surface area is 151 Å². The number of hydrogen-bond acceptors (Lipinski definition) is 3. The van der Waals surface area contributed by atoms with E-state index in [1.165, 1.54) is 5.56 Å². The number of benzene rings is 2. The van der Waals surface area contributed by atoms with Crippen molar-refractivity contribution in [2.75, 3.05) is 0 Å². The molecule has 0 saturated heterocycles. The summed E-state index contributed by atoms with van der Waals surface area (Å²) in [6.45, 7) is 2.03. The van der Waals surface area contributed by atoms with Crippen LogP contribution in [0.1, 0.15) is 18.1 Å². The molecule has 0 saturated carbocycles. The van der Waals surface area contributed by atoms with Crippen LogP contribution in [0.15, 0.2) is 66.7 Å². The summed E-state index contributed by atoms with van der Waals surface area (Å²) in [5, 5.41) is 16.4. The molecule has 0 spiro atoms. The highest BCUT2D eigenvalue weighted by Crippen LogP contribution is 2.24. The van der Waals surface area contributed by atoms with Crippen LogP contribution in [0.4, 0.5) is 0 Å². The molecule has 0 amide bonds. The molecule has 2 rings (SSSR count). The molecule has 0 aliphatic rings. The van der Waals surface area contributed by atoms with Crippen molar-refractivity contribution >= 4 is 23.5 Å². The number of nitrogens with two attached hydrogens (primary N) is 1. The van der Waals surface area contributed by atoms with E-state index >= 15 is 0 Å². The van der Waals surface area contributed by atoms with Gasteiger partial charge in [0.25, 0.3) is 0 Å². The van der Waals surface area contributed by atoms with E-state index in [4.69, 9.17) is 27.5 Å². The van der Waals surface area contributed by atoms with Crippen molar-refractivity contribution in [1.29, 1.82) is 0 Å². The van der Waals surface area contributed by atoms with Crippen molar-refractivity contribution in [2.24, 2.45) is 5.73 Å². The van der Waals surface area contributed by atoms with E-state index in [9.17, 15) is 9.59 Å². The van der Waals surface area contributed by atoms with Gasteiger partial charge in [-0.2, -0.15) is 0 Å². The van der Waals surface area contributed by atoms with Crippen LogP contribution < -0.4 is 5.73 Å². The molecule has 1 unspecified atom stereocenters. The Morgan fingerprint density at radius 3 is 2.08 bits per heavy atom. The van der Waals surface area contributed by atoms with Crippen molar-refractivity contribution in [3.05, 3.63) is 82.9 Å². The molecular weight excluding hydrogens is 342 g/mol. The largest absolute Gasteiger partial charge is 0.478 e. The average Bonchev–Trinajstić information content (AvgIpc) is 2.54. The van der Waals surface area contributed by atoms with Gasteiger partial charge in [0.05, 0.1) is 0 Å². The first-order chi connectivity index (χ1) is 11.7. The second-order valence-corrected chi connectivity index (χ2v) is 6.04. The van der Waals surface area contributed by atoms with Crippen LogP contribution in [-0.4, -0.2) is 22.2 Å². The van der Waals surface area contributed by atoms with Gasteiger partial charge < -0.3 is 15.9 Å². The van der Waals surface area contributed by atoms with Crippen LogP contribution >= 0.6 is 11.6 Å². The highest BCUT2D eigenvalue weighted by molar-refractivity contribution is 6.30. The Bertz CT molecular complexity index is 726. The van der Waals surface area contributed by atoms with Crippen molar-refractivity contribution in [2.45, 2.75) is 18.9 Å². The molecule has 0 bridgehead atoms. The van der Waals surface area contributed by atoms with Crippen molar-refractivity contribution < 1.29 is 19.8 Å². The summed E-state index contributed by atoms with van der Waals surface area (Å²) in [7, 11) is 0. The number of carbonyl (C=O) groups is 2. The van der Waals surface area contributed by atoms with Crippen LogP contribution in [0.2, 0.25) is 5.02 Å². The molecule has 5 nitrogen and oxygen atoms in total. The molecule has 2 aromatic rings. The van der Waals surface area contributed by atoms with E-state index in [1.807, 2.05) is 49.4 Å². The Balaban J connectivity index is 0.000000333. The molecule has 1 atom stereocenters. The van der Waals surface area contributed by atoms with Crippen LogP contribution in [0.25, 0.3) is 0 Å². The lowest BCUT2D eigenvalue weighted by molar-refractivity contribution is -0.134. The van der Waals surface area contributed by atoms with Crippen LogP contribution in [-0.2, 0) is 21.5 Å². The minimum absolute atomic E-state index is 0.397. The molecule has 2 aromatic carbocycles. The fourth-order valence-corrected chi connectivity index (χ4v) is 2.30. The molecule has 6 heteroatoms. The second kappa shape index (κ2) is 9.61. The standard InChI is InChI=1S/C15H16ClN.C4H4O4/c1-15(17,11-12-6-3-2-4-7-12)13-8-5-9-14(16)10-13;5-3(6)1-2-4(7)8/h2-10H,11,17H2,1H3;1-2H,(H,5,6)(H,7,8)/b;2-1-. The summed E-state index contributed by atoms with van der Waals surface area (Å²) in [5.74, 6) is -2.51. The van der Waals surface area contributed by atoms with Gasteiger partial charge in [-0.05, 0) is 36.6 Å². The fraction of sp³-hybridized carbons (Fsp3) is 0.158. The van der Waals surface area contributed by atoms with E-state index in [2.05, 4.69) is 12.1 Å². The maximum Gasteiger partial charge on any atom is 0.328 e. The van der Waals surface area contributed by atoms with Gasteiger partial charge in [-0.25, -0.2) is 9.59 Å². The van der Waals surface area contributed by atoms with Gasteiger partial charge in [0.15, 0.2) is 0 Å². The summed E-state index contributed by atoms with van der Waals surface area (Å²) in [4.78, 5) is 19.1. The van der Waals surface area contributed by atoms with Gasteiger partial charge in [0.1, 0.15) is 0 Å². The Morgan fingerprint density at radius 1 is 1.04 bits per heavy atom. The molecule has 0 aliphatic heterocycles. The molecule has 0 heterocycles. The normalized spacial score (nSPS) is 12.8. The van der Waals surface area contributed by atoms with E-state index in [0.717, 1.165) is 17.0 Å². The summed E-state index contributed by atoms with van der Waals surface area (Å²) in [6, 6.07) is 18.0. The maximum absolute atomic E-state index is 9.55. The number of rotatable bonds is 5. The average molecular weight is 362 g/mol.